The highest BCUT2D eigenvalue weighted by molar-refractivity contribution is 6.32. The third-order valence-corrected chi connectivity index (χ3v) is 4.23. The molecule has 2 aromatic rings. The number of likely N-dealkylation sites (N-methyl/N-ethyl adjacent to an activating group) is 1. The van der Waals surface area contributed by atoms with Crippen LogP contribution in [0.4, 0.5) is 0 Å². The van der Waals surface area contributed by atoms with E-state index in [0.717, 1.165) is 22.7 Å². The van der Waals surface area contributed by atoms with Gasteiger partial charge in [-0.1, -0.05) is 43.6 Å². The molecule has 0 fully saturated rings. The maximum atomic E-state index is 6.50. The third kappa shape index (κ3) is 3.20. The van der Waals surface area contributed by atoms with Crippen LogP contribution in [0.1, 0.15) is 42.5 Å². The number of aromatic nitrogens is 1. The minimum absolute atomic E-state index is 0.204. The highest BCUT2D eigenvalue weighted by atomic mass is 35.5. The van der Waals surface area contributed by atoms with Crippen LogP contribution in [0.25, 0.3) is 0 Å². The molecule has 1 aromatic carbocycles. The van der Waals surface area contributed by atoms with Crippen LogP contribution < -0.4 is 5.32 Å². The molecule has 0 amide bonds. The molecule has 2 nitrogen and oxygen atoms in total. The van der Waals surface area contributed by atoms with E-state index in [0.29, 0.717) is 5.92 Å². The van der Waals surface area contributed by atoms with Crippen molar-refractivity contribution in [1.29, 1.82) is 0 Å². The van der Waals surface area contributed by atoms with Gasteiger partial charge in [-0.15, -0.1) is 0 Å². The molecule has 1 aromatic heterocycles. The second kappa shape index (κ2) is 6.87. The summed E-state index contributed by atoms with van der Waals surface area (Å²) in [4.78, 5) is 4.09. The molecule has 1 N–H and O–H groups in total. The van der Waals surface area contributed by atoms with Gasteiger partial charge in [-0.25, -0.2) is 0 Å². The van der Waals surface area contributed by atoms with Gasteiger partial charge in [0.15, 0.2) is 0 Å². The van der Waals surface area contributed by atoms with Crippen molar-refractivity contribution in [2.24, 2.45) is 0 Å². The van der Waals surface area contributed by atoms with Crippen LogP contribution in [-0.4, -0.2) is 11.5 Å². The molecule has 106 valence electrons. The zero-order valence-corrected chi connectivity index (χ0v) is 13.0. The van der Waals surface area contributed by atoms with Crippen molar-refractivity contribution in [3.05, 3.63) is 64.4 Å². The van der Waals surface area contributed by atoms with E-state index in [-0.39, 0.29) is 6.04 Å². The first-order chi connectivity index (χ1) is 9.65. The third-order valence-electron chi connectivity index (χ3n) is 3.71. The Morgan fingerprint density at radius 3 is 2.55 bits per heavy atom. The largest absolute Gasteiger partial charge is 0.310 e. The summed E-state index contributed by atoms with van der Waals surface area (Å²) in [5, 5.41) is 4.42. The Kier molecular flexibility index (Phi) is 5.16. The number of pyridine rings is 1. The maximum Gasteiger partial charge on any atom is 0.0483 e. The lowest BCUT2D eigenvalue weighted by molar-refractivity contribution is 0.479. The van der Waals surface area contributed by atoms with Gasteiger partial charge in [0.2, 0.25) is 0 Å². The minimum Gasteiger partial charge on any atom is -0.310 e. The SMILES string of the molecule is CCNC(c1cccc(C)c1Cl)C(C)c1ccncc1. The van der Waals surface area contributed by atoms with Crippen LogP contribution in [0.5, 0.6) is 0 Å². The summed E-state index contributed by atoms with van der Waals surface area (Å²) >= 11 is 6.50. The van der Waals surface area contributed by atoms with E-state index >= 15 is 0 Å². The van der Waals surface area contributed by atoms with Gasteiger partial charge >= 0.3 is 0 Å². The maximum absolute atomic E-state index is 6.50. The predicted octanol–water partition coefficient (Wildman–Crippen LogP) is 4.50. The van der Waals surface area contributed by atoms with Crippen LogP contribution >= 0.6 is 11.6 Å². The number of aryl methyl sites for hydroxylation is 1. The molecule has 3 heteroatoms. The molecule has 0 aliphatic heterocycles. The Bertz CT molecular complexity index is 554. The van der Waals surface area contributed by atoms with E-state index in [1.165, 1.54) is 5.56 Å². The van der Waals surface area contributed by atoms with Gasteiger partial charge in [0.05, 0.1) is 0 Å². The van der Waals surface area contributed by atoms with Crippen LogP contribution in [0.15, 0.2) is 42.7 Å². The molecule has 0 saturated carbocycles. The van der Waals surface area contributed by atoms with E-state index in [1.54, 1.807) is 0 Å². The first kappa shape index (κ1) is 15.0. The van der Waals surface area contributed by atoms with Gasteiger partial charge in [-0.2, -0.15) is 0 Å². The zero-order valence-electron chi connectivity index (χ0n) is 12.2. The fourth-order valence-corrected chi connectivity index (χ4v) is 2.79. The van der Waals surface area contributed by atoms with Gasteiger partial charge in [0.1, 0.15) is 0 Å². The topological polar surface area (TPSA) is 24.9 Å². The number of benzene rings is 1. The monoisotopic (exact) mass is 288 g/mol. The van der Waals surface area contributed by atoms with E-state index < -0.39 is 0 Å². The Morgan fingerprint density at radius 1 is 1.20 bits per heavy atom. The smallest absolute Gasteiger partial charge is 0.0483 e. The molecule has 20 heavy (non-hydrogen) atoms. The van der Waals surface area contributed by atoms with Gasteiger partial charge in [0.25, 0.3) is 0 Å². The quantitative estimate of drug-likeness (QED) is 0.876. The number of hydrogen-bond acceptors (Lipinski definition) is 2. The summed E-state index contributed by atoms with van der Waals surface area (Å²) in [6.07, 6.45) is 3.68. The highest BCUT2D eigenvalue weighted by Gasteiger charge is 2.22. The molecule has 0 saturated heterocycles. The molecule has 0 spiro atoms. The lowest BCUT2D eigenvalue weighted by atomic mass is 9.88. The Labute approximate surface area is 126 Å². The Balaban J connectivity index is 2.38. The van der Waals surface area contributed by atoms with Crippen molar-refractivity contribution in [1.82, 2.24) is 10.3 Å². The molecule has 2 unspecified atom stereocenters. The molecule has 0 aliphatic carbocycles. The highest BCUT2D eigenvalue weighted by Crippen LogP contribution is 2.35. The zero-order chi connectivity index (χ0) is 14.5. The van der Waals surface area contributed by atoms with Crippen molar-refractivity contribution >= 4 is 11.6 Å². The van der Waals surface area contributed by atoms with Crippen LogP contribution in [0.3, 0.4) is 0 Å². The second-order valence-corrected chi connectivity index (χ2v) is 5.46. The second-order valence-electron chi connectivity index (χ2n) is 5.08. The lowest BCUT2D eigenvalue weighted by Gasteiger charge is -2.27. The molecule has 0 radical (unpaired) electrons. The normalized spacial score (nSPS) is 14.0. The van der Waals surface area contributed by atoms with E-state index in [1.807, 2.05) is 25.4 Å². The molecule has 0 bridgehead atoms. The van der Waals surface area contributed by atoms with Crippen LogP contribution in [-0.2, 0) is 0 Å². The first-order valence-electron chi connectivity index (χ1n) is 7.03. The summed E-state index contributed by atoms with van der Waals surface area (Å²) < 4.78 is 0. The van der Waals surface area contributed by atoms with E-state index in [2.05, 4.69) is 48.4 Å². The average Bonchev–Trinajstić information content (AvgIpc) is 2.48. The molecule has 1 heterocycles. The molecular weight excluding hydrogens is 268 g/mol. The lowest BCUT2D eigenvalue weighted by Crippen LogP contribution is -2.26. The number of nitrogens with zero attached hydrogens (tertiary/aromatic N) is 1. The fraction of sp³-hybridized carbons (Fsp3) is 0.353. The molecule has 2 atom stereocenters. The first-order valence-corrected chi connectivity index (χ1v) is 7.41. The summed E-state index contributed by atoms with van der Waals surface area (Å²) in [6.45, 7) is 7.30. The minimum atomic E-state index is 0.204. The van der Waals surface area contributed by atoms with Gasteiger partial charge in [0, 0.05) is 29.4 Å². The van der Waals surface area contributed by atoms with Gasteiger partial charge < -0.3 is 5.32 Å². The number of hydrogen-bond donors (Lipinski definition) is 1. The van der Waals surface area contributed by atoms with Crippen molar-refractivity contribution in [3.8, 4) is 0 Å². The predicted molar refractivity (Wildman–Crippen MR) is 85.3 cm³/mol. The molecular formula is C17H21ClN2. The van der Waals surface area contributed by atoms with Crippen molar-refractivity contribution in [2.75, 3.05) is 6.54 Å². The van der Waals surface area contributed by atoms with Gasteiger partial charge in [-0.3, -0.25) is 4.98 Å². The summed E-state index contributed by atoms with van der Waals surface area (Å²) in [6, 6.07) is 10.6. The molecule has 0 aliphatic rings. The van der Waals surface area contributed by atoms with Crippen molar-refractivity contribution in [2.45, 2.75) is 32.7 Å². The van der Waals surface area contributed by atoms with Crippen molar-refractivity contribution < 1.29 is 0 Å². The summed E-state index contributed by atoms with van der Waals surface area (Å²) in [5.41, 5.74) is 3.55. The number of nitrogens with one attached hydrogen (secondary N) is 1. The number of rotatable bonds is 5. The van der Waals surface area contributed by atoms with E-state index in [4.69, 9.17) is 11.6 Å². The van der Waals surface area contributed by atoms with Gasteiger partial charge in [-0.05, 0) is 42.3 Å². The standard InChI is InChI=1S/C17H21ClN2/c1-4-20-17(13(3)14-8-10-19-11-9-14)15-7-5-6-12(2)16(15)18/h5-11,13,17,20H,4H2,1-3H3. The van der Waals surface area contributed by atoms with Crippen LogP contribution in [0.2, 0.25) is 5.02 Å². The average molecular weight is 289 g/mol. The van der Waals surface area contributed by atoms with Crippen molar-refractivity contribution in [3.63, 3.8) is 0 Å². The van der Waals surface area contributed by atoms with Crippen LogP contribution in [0, 0.1) is 6.92 Å². The number of halogens is 1. The Hall–Kier alpha value is -1.38. The fourth-order valence-electron chi connectivity index (χ4n) is 2.55. The molecule has 2 rings (SSSR count). The summed E-state index contributed by atoms with van der Waals surface area (Å²) in [7, 11) is 0. The summed E-state index contributed by atoms with van der Waals surface area (Å²) in [5.74, 6) is 0.331. The Morgan fingerprint density at radius 2 is 1.90 bits per heavy atom. The van der Waals surface area contributed by atoms with E-state index in [9.17, 15) is 0 Å².